The highest BCUT2D eigenvalue weighted by molar-refractivity contribution is 6.00. The number of anilines is 1. The zero-order chi connectivity index (χ0) is 27.6. The average Bonchev–Trinajstić information content (AvgIpc) is 3.58. The Morgan fingerprint density at radius 2 is 1.82 bits per heavy atom. The van der Waals surface area contributed by atoms with Crippen molar-refractivity contribution in [2.45, 2.75) is 19.5 Å². The summed E-state index contributed by atoms with van der Waals surface area (Å²) in [5.41, 5.74) is 2.07. The highest BCUT2D eigenvalue weighted by Crippen LogP contribution is 2.27. The third-order valence-electron chi connectivity index (χ3n) is 7.35. The maximum Gasteiger partial charge on any atom is 0.264 e. The predicted molar refractivity (Wildman–Crippen MR) is 151 cm³/mol. The number of methoxy groups -OCH3 is 1. The van der Waals surface area contributed by atoms with Crippen molar-refractivity contribution in [3.63, 3.8) is 0 Å². The fourth-order valence-corrected chi connectivity index (χ4v) is 5.21. The van der Waals surface area contributed by atoms with Crippen molar-refractivity contribution in [1.29, 1.82) is 0 Å². The van der Waals surface area contributed by atoms with E-state index in [1.54, 1.807) is 39.7 Å². The number of amides is 2. The predicted octanol–water partition coefficient (Wildman–Crippen LogP) is 2.97. The summed E-state index contributed by atoms with van der Waals surface area (Å²) in [6, 6.07) is 21.3. The summed E-state index contributed by atoms with van der Waals surface area (Å²) in [6.07, 6.45) is 3.22. The highest BCUT2D eigenvalue weighted by atomic mass is 16.5. The first-order valence-electron chi connectivity index (χ1n) is 13.1. The third-order valence-corrected chi connectivity index (χ3v) is 7.35. The van der Waals surface area contributed by atoms with Crippen LogP contribution in [-0.4, -0.2) is 51.3 Å². The van der Waals surface area contributed by atoms with E-state index in [-0.39, 0.29) is 23.8 Å². The molecule has 0 radical (unpaired) electrons. The van der Waals surface area contributed by atoms with E-state index >= 15 is 0 Å². The van der Waals surface area contributed by atoms with Crippen molar-refractivity contribution in [1.82, 2.24) is 24.6 Å². The van der Waals surface area contributed by atoms with Gasteiger partial charge in [-0.2, -0.15) is 5.10 Å². The number of nitrogens with one attached hydrogen (secondary N) is 1. The van der Waals surface area contributed by atoms with Gasteiger partial charge in [0.2, 0.25) is 11.8 Å². The number of benzene rings is 3. The second kappa shape index (κ2) is 10.6. The molecule has 1 aliphatic heterocycles. The normalized spacial score (nSPS) is 15.2. The van der Waals surface area contributed by atoms with Crippen LogP contribution in [0.4, 0.5) is 5.69 Å². The molecule has 3 aromatic carbocycles. The summed E-state index contributed by atoms with van der Waals surface area (Å²) in [4.78, 5) is 44.7. The molecule has 1 saturated heterocycles. The standard InChI is InChI=1S/C30H28N6O4/c1-40-24-11-9-23(10-12-24)35-18-22(15-27(35)37)29(38)31-13-14-36-28-26(16-33-36)30(39)34(19-32-28)17-21-7-4-6-20-5-2-3-8-25(20)21/h2-12,16,19,22H,13-15,17-18H2,1H3,(H,31,38). The van der Waals surface area contributed by atoms with E-state index in [0.717, 1.165) is 22.0 Å². The van der Waals surface area contributed by atoms with Crippen LogP contribution >= 0.6 is 0 Å². The van der Waals surface area contributed by atoms with Crippen LogP contribution in [0.3, 0.4) is 0 Å². The Kier molecular flexibility index (Phi) is 6.73. The second-order valence-corrected chi connectivity index (χ2v) is 9.82. The summed E-state index contributed by atoms with van der Waals surface area (Å²) >= 11 is 0. The number of rotatable bonds is 8. The molecule has 40 heavy (non-hydrogen) atoms. The van der Waals surface area contributed by atoms with Crippen molar-refractivity contribution in [3.05, 3.63) is 95.2 Å². The van der Waals surface area contributed by atoms with Crippen LogP contribution in [0.15, 0.2) is 84.0 Å². The van der Waals surface area contributed by atoms with Gasteiger partial charge < -0.3 is 15.0 Å². The highest BCUT2D eigenvalue weighted by Gasteiger charge is 2.35. The molecule has 0 bridgehead atoms. The van der Waals surface area contributed by atoms with E-state index < -0.39 is 5.92 Å². The number of fused-ring (bicyclic) bond motifs is 2. The van der Waals surface area contributed by atoms with E-state index in [1.165, 1.54) is 6.20 Å². The van der Waals surface area contributed by atoms with E-state index in [1.807, 2.05) is 54.6 Å². The molecule has 10 heteroatoms. The van der Waals surface area contributed by atoms with Gasteiger partial charge in [0.05, 0.1) is 32.3 Å². The fourth-order valence-electron chi connectivity index (χ4n) is 5.21. The summed E-state index contributed by atoms with van der Waals surface area (Å²) in [5, 5.41) is 9.88. The quantitative estimate of drug-likeness (QED) is 0.326. The first-order valence-corrected chi connectivity index (χ1v) is 13.1. The van der Waals surface area contributed by atoms with Crippen molar-refractivity contribution >= 4 is 39.3 Å². The van der Waals surface area contributed by atoms with Crippen LogP contribution in [0.2, 0.25) is 0 Å². The molecule has 0 saturated carbocycles. The van der Waals surface area contributed by atoms with Crippen molar-refractivity contribution in [2.75, 3.05) is 25.1 Å². The molecule has 6 rings (SSSR count). The van der Waals surface area contributed by atoms with Crippen LogP contribution in [0, 0.1) is 5.92 Å². The molecule has 0 aliphatic carbocycles. The molecule has 1 atom stereocenters. The molecule has 3 heterocycles. The van der Waals surface area contributed by atoms with E-state index in [2.05, 4.69) is 15.4 Å². The number of nitrogens with zero attached hydrogens (tertiary/aromatic N) is 5. The van der Waals surface area contributed by atoms with Crippen molar-refractivity contribution < 1.29 is 14.3 Å². The number of hydrogen-bond donors (Lipinski definition) is 1. The van der Waals surface area contributed by atoms with Crippen molar-refractivity contribution in [3.8, 4) is 5.75 Å². The van der Waals surface area contributed by atoms with Crippen LogP contribution in [0.25, 0.3) is 21.8 Å². The van der Waals surface area contributed by atoms with Gasteiger partial charge in [0.1, 0.15) is 17.5 Å². The molecular weight excluding hydrogens is 508 g/mol. The van der Waals surface area contributed by atoms with Gasteiger partial charge in [-0.05, 0) is 40.6 Å². The van der Waals surface area contributed by atoms with Gasteiger partial charge in [-0.25, -0.2) is 9.67 Å². The number of ether oxygens (including phenoxy) is 1. The Morgan fingerprint density at radius 3 is 2.65 bits per heavy atom. The molecular formula is C30H28N6O4. The Morgan fingerprint density at radius 1 is 1.02 bits per heavy atom. The van der Waals surface area contributed by atoms with Gasteiger partial charge in [0, 0.05) is 25.2 Å². The van der Waals surface area contributed by atoms with Crippen LogP contribution in [0.5, 0.6) is 5.75 Å². The van der Waals surface area contributed by atoms with Gasteiger partial charge in [-0.15, -0.1) is 0 Å². The second-order valence-electron chi connectivity index (χ2n) is 9.82. The van der Waals surface area contributed by atoms with Gasteiger partial charge in [-0.1, -0.05) is 42.5 Å². The smallest absolute Gasteiger partial charge is 0.264 e. The lowest BCUT2D eigenvalue weighted by Gasteiger charge is -2.17. The summed E-state index contributed by atoms with van der Waals surface area (Å²) < 4.78 is 8.37. The summed E-state index contributed by atoms with van der Waals surface area (Å²) in [7, 11) is 1.59. The lowest BCUT2D eigenvalue weighted by atomic mass is 10.0. The van der Waals surface area contributed by atoms with Crippen molar-refractivity contribution in [2.24, 2.45) is 5.92 Å². The minimum absolute atomic E-state index is 0.0904. The molecule has 2 aromatic heterocycles. The van der Waals surface area contributed by atoms with Crippen LogP contribution in [-0.2, 0) is 22.7 Å². The van der Waals surface area contributed by atoms with E-state index in [0.29, 0.717) is 43.0 Å². The first-order chi connectivity index (χ1) is 19.5. The number of carbonyl (C=O) groups excluding carboxylic acids is 2. The maximum absolute atomic E-state index is 13.2. The number of aromatic nitrogens is 4. The minimum Gasteiger partial charge on any atom is -0.497 e. The summed E-state index contributed by atoms with van der Waals surface area (Å²) in [5.74, 6) is -0.0176. The van der Waals surface area contributed by atoms with E-state index in [9.17, 15) is 14.4 Å². The first kappa shape index (κ1) is 25.3. The zero-order valence-electron chi connectivity index (χ0n) is 22.0. The molecule has 1 N–H and O–H groups in total. The minimum atomic E-state index is -0.441. The zero-order valence-corrected chi connectivity index (χ0v) is 22.0. The Hall–Kier alpha value is -4.99. The molecule has 5 aromatic rings. The van der Waals surface area contributed by atoms with Gasteiger partial charge in [-0.3, -0.25) is 19.0 Å². The van der Waals surface area contributed by atoms with Gasteiger partial charge in [0.15, 0.2) is 5.65 Å². The van der Waals surface area contributed by atoms with E-state index in [4.69, 9.17) is 4.74 Å². The lowest BCUT2D eigenvalue weighted by Crippen LogP contribution is -2.35. The van der Waals surface area contributed by atoms with Gasteiger partial charge in [0.25, 0.3) is 5.56 Å². The van der Waals surface area contributed by atoms with Gasteiger partial charge >= 0.3 is 0 Å². The average molecular weight is 537 g/mol. The summed E-state index contributed by atoms with van der Waals surface area (Å²) in [6.45, 7) is 1.36. The largest absolute Gasteiger partial charge is 0.497 e. The Labute approximate surface area is 229 Å². The van der Waals surface area contributed by atoms with Crippen LogP contribution in [0.1, 0.15) is 12.0 Å². The fraction of sp³-hybridized carbons (Fsp3) is 0.233. The molecule has 202 valence electrons. The Bertz CT molecular complexity index is 1770. The molecule has 0 spiro atoms. The Balaban J connectivity index is 1.09. The molecule has 2 amide bonds. The monoisotopic (exact) mass is 536 g/mol. The molecule has 1 fully saturated rings. The SMILES string of the molecule is COc1ccc(N2CC(C(=O)NCCn3ncc4c(=O)n(Cc5cccc6ccccc56)cnc43)CC2=O)cc1. The third kappa shape index (κ3) is 4.79. The molecule has 1 aliphatic rings. The molecule has 1 unspecified atom stereocenters. The molecule has 10 nitrogen and oxygen atoms in total. The number of carbonyl (C=O) groups is 2. The lowest BCUT2D eigenvalue weighted by molar-refractivity contribution is -0.126. The maximum atomic E-state index is 13.2. The topological polar surface area (TPSA) is 111 Å². The number of hydrogen-bond acceptors (Lipinski definition) is 6. The van der Waals surface area contributed by atoms with Crippen LogP contribution < -0.4 is 20.5 Å².